The zero-order valence-electron chi connectivity index (χ0n) is 11.3. The molecule has 2 aromatic rings. The minimum absolute atomic E-state index is 0.235. The highest BCUT2D eigenvalue weighted by atomic mass is 16.5. The number of hydrogen-bond donors (Lipinski definition) is 1. The molecule has 2 nitrogen and oxygen atoms in total. The summed E-state index contributed by atoms with van der Waals surface area (Å²) in [4.78, 5) is 0. The Morgan fingerprint density at radius 3 is 2.37 bits per heavy atom. The van der Waals surface area contributed by atoms with E-state index in [1.807, 2.05) is 25.1 Å². The molecule has 1 N–H and O–H groups in total. The fourth-order valence-electron chi connectivity index (χ4n) is 1.99. The highest BCUT2D eigenvalue weighted by Gasteiger charge is 2.04. The number of ether oxygens (including phenoxy) is 1. The van der Waals surface area contributed by atoms with E-state index in [-0.39, 0.29) is 5.75 Å². The van der Waals surface area contributed by atoms with Gasteiger partial charge in [0.05, 0.1) is 6.61 Å². The Kier molecular flexibility index (Phi) is 4.85. The molecule has 0 spiro atoms. The summed E-state index contributed by atoms with van der Waals surface area (Å²) in [6, 6.07) is 16.0. The van der Waals surface area contributed by atoms with Gasteiger partial charge in [0.2, 0.25) is 0 Å². The summed E-state index contributed by atoms with van der Waals surface area (Å²) in [6.07, 6.45) is 2.84. The van der Waals surface area contributed by atoms with Gasteiger partial charge in [-0.3, -0.25) is 0 Å². The van der Waals surface area contributed by atoms with Crippen molar-refractivity contribution in [3.05, 3.63) is 59.7 Å². The first kappa shape index (κ1) is 13.5. The van der Waals surface area contributed by atoms with Gasteiger partial charge in [0.1, 0.15) is 0 Å². The Balaban J connectivity index is 1.96. The van der Waals surface area contributed by atoms with Gasteiger partial charge >= 0.3 is 0 Å². The van der Waals surface area contributed by atoms with E-state index < -0.39 is 0 Å². The van der Waals surface area contributed by atoms with Crippen LogP contribution in [0.4, 0.5) is 0 Å². The van der Waals surface area contributed by atoms with E-state index in [1.54, 1.807) is 6.07 Å². The molecule has 2 heteroatoms. The molecule has 100 valence electrons. The zero-order valence-corrected chi connectivity index (χ0v) is 11.3. The number of aryl methyl sites for hydroxylation is 2. The second kappa shape index (κ2) is 6.83. The van der Waals surface area contributed by atoms with Crippen LogP contribution in [0.15, 0.2) is 48.5 Å². The van der Waals surface area contributed by atoms with Gasteiger partial charge in [-0.1, -0.05) is 43.3 Å². The molecule has 0 aromatic heterocycles. The van der Waals surface area contributed by atoms with Gasteiger partial charge in [0, 0.05) is 0 Å². The van der Waals surface area contributed by atoms with Crippen LogP contribution in [0.3, 0.4) is 0 Å². The van der Waals surface area contributed by atoms with Gasteiger partial charge in [-0.05, 0) is 42.5 Å². The maximum Gasteiger partial charge on any atom is 0.160 e. The summed E-state index contributed by atoms with van der Waals surface area (Å²) in [5.74, 6) is 0.810. The Labute approximate surface area is 114 Å². The molecule has 0 saturated heterocycles. The molecule has 0 heterocycles. The van der Waals surface area contributed by atoms with E-state index in [0.29, 0.717) is 12.4 Å². The van der Waals surface area contributed by atoms with Gasteiger partial charge in [-0.2, -0.15) is 0 Å². The summed E-state index contributed by atoms with van der Waals surface area (Å²) < 4.78 is 5.45. The van der Waals surface area contributed by atoms with Crippen LogP contribution in [0, 0.1) is 0 Å². The number of benzene rings is 2. The lowest BCUT2D eigenvalue weighted by Crippen LogP contribution is -1.96. The molecule has 0 atom stereocenters. The van der Waals surface area contributed by atoms with E-state index in [2.05, 4.69) is 24.3 Å². The summed E-state index contributed by atoms with van der Waals surface area (Å²) in [5, 5.41) is 9.89. The number of phenols is 1. The topological polar surface area (TPSA) is 29.5 Å². The van der Waals surface area contributed by atoms with Gasteiger partial charge in [-0.15, -0.1) is 0 Å². The van der Waals surface area contributed by atoms with E-state index in [9.17, 15) is 5.11 Å². The van der Waals surface area contributed by atoms with Crippen LogP contribution < -0.4 is 4.74 Å². The first-order valence-corrected chi connectivity index (χ1v) is 6.78. The van der Waals surface area contributed by atoms with Crippen LogP contribution in [0.2, 0.25) is 0 Å². The minimum atomic E-state index is 0.235. The number of aromatic hydroxyl groups is 1. The maximum absolute atomic E-state index is 9.89. The van der Waals surface area contributed by atoms with E-state index >= 15 is 0 Å². The van der Waals surface area contributed by atoms with E-state index in [0.717, 1.165) is 24.8 Å². The van der Waals surface area contributed by atoms with Crippen molar-refractivity contribution in [3.63, 3.8) is 0 Å². The highest BCUT2D eigenvalue weighted by Crippen LogP contribution is 2.27. The molecule has 0 saturated carbocycles. The molecule has 2 aromatic carbocycles. The zero-order chi connectivity index (χ0) is 13.5. The summed E-state index contributed by atoms with van der Waals surface area (Å²) in [6.45, 7) is 2.68. The molecule has 19 heavy (non-hydrogen) atoms. The van der Waals surface area contributed by atoms with Crippen LogP contribution in [-0.4, -0.2) is 11.7 Å². The molecule has 0 unspecified atom stereocenters. The summed E-state index contributed by atoms with van der Waals surface area (Å²) >= 11 is 0. The van der Waals surface area contributed by atoms with Crippen LogP contribution in [0.25, 0.3) is 0 Å². The third-order valence-corrected chi connectivity index (χ3v) is 3.03. The molecule has 0 amide bonds. The van der Waals surface area contributed by atoms with Crippen molar-refractivity contribution in [2.24, 2.45) is 0 Å². The Morgan fingerprint density at radius 2 is 1.68 bits per heavy atom. The van der Waals surface area contributed by atoms with Gasteiger partial charge in [0.15, 0.2) is 11.5 Å². The Morgan fingerprint density at radius 1 is 0.947 bits per heavy atom. The summed E-state index contributed by atoms with van der Waals surface area (Å²) in [5.41, 5.74) is 2.44. The largest absolute Gasteiger partial charge is 0.504 e. The van der Waals surface area contributed by atoms with Crippen LogP contribution in [0.5, 0.6) is 11.5 Å². The predicted octanol–water partition coefficient (Wildman–Crippen LogP) is 3.97. The average molecular weight is 256 g/mol. The van der Waals surface area contributed by atoms with Gasteiger partial charge in [0.25, 0.3) is 0 Å². The molecular formula is C17H20O2. The Hall–Kier alpha value is -1.96. The molecule has 2 rings (SSSR count). The quantitative estimate of drug-likeness (QED) is 0.847. The monoisotopic (exact) mass is 256 g/mol. The normalized spacial score (nSPS) is 10.4. The minimum Gasteiger partial charge on any atom is -0.504 e. The van der Waals surface area contributed by atoms with Crippen molar-refractivity contribution < 1.29 is 9.84 Å². The van der Waals surface area contributed by atoms with Gasteiger partial charge < -0.3 is 9.84 Å². The van der Waals surface area contributed by atoms with Crippen molar-refractivity contribution in [3.8, 4) is 11.5 Å². The molecule has 0 bridgehead atoms. The lowest BCUT2D eigenvalue weighted by molar-refractivity contribution is 0.299. The molecule has 0 fully saturated rings. The standard InChI is InChI=1S/C17H20O2/c1-2-12-19-17-11-10-15(13-16(17)18)9-8-14-6-4-3-5-7-14/h3-7,10-11,13,18H,2,8-9,12H2,1H3. The molecule has 0 aliphatic heterocycles. The van der Waals surface area contributed by atoms with Gasteiger partial charge in [-0.25, -0.2) is 0 Å². The van der Waals surface area contributed by atoms with Crippen molar-refractivity contribution in [2.75, 3.05) is 6.61 Å². The number of hydrogen-bond acceptors (Lipinski definition) is 2. The fraction of sp³-hybridized carbons (Fsp3) is 0.294. The smallest absolute Gasteiger partial charge is 0.160 e. The van der Waals surface area contributed by atoms with E-state index in [4.69, 9.17) is 4.74 Å². The van der Waals surface area contributed by atoms with Crippen LogP contribution in [-0.2, 0) is 12.8 Å². The molecule has 0 aliphatic carbocycles. The first-order valence-electron chi connectivity index (χ1n) is 6.78. The number of phenolic OH excluding ortho intramolecular Hbond substituents is 1. The molecule has 0 radical (unpaired) electrons. The molecule has 0 aliphatic rings. The SMILES string of the molecule is CCCOc1ccc(CCc2ccccc2)cc1O. The highest BCUT2D eigenvalue weighted by molar-refractivity contribution is 5.42. The third-order valence-electron chi connectivity index (χ3n) is 3.03. The number of rotatable bonds is 6. The van der Waals surface area contributed by atoms with Crippen LogP contribution in [0.1, 0.15) is 24.5 Å². The summed E-state index contributed by atoms with van der Waals surface area (Å²) in [7, 11) is 0. The Bertz CT molecular complexity index is 506. The lowest BCUT2D eigenvalue weighted by Gasteiger charge is -2.08. The first-order chi connectivity index (χ1) is 9.29. The second-order valence-electron chi connectivity index (χ2n) is 4.64. The maximum atomic E-state index is 9.89. The predicted molar refractivity (Wildman–Crippen MR) is 77.7 cm³/mol. The average Bonchev–Trinajstić information content (AvgIpc) is 2.45. The lowest BCUT2D eigenvalue weighted by atomic mass is 10.0. The van der Waals surface area contributed by atoms with Crippen molar-refractivity contribution in [1.29, 1.82) is 0 Å². The third kappa shape index (κ3) is 4.02. The van der Waals surface area contributed by atoms with E-state index in [1.165, 1.54) is 5.56 Å². The van der Waals surface area contributed by atoms with Crippen molar-refractivity contribution >= 4 is 0 Å². The van der Waals surface area contributed by atoms with Crippen molar-refractivity contribution in [2.45, 2.75) is 26.2 Å². The molecular weight excluding hydrogens is 236 g/mol. The van der Waals surface area contributed by atoms with Crippen molar-refractivity contribution in [1.82, 2.24) is 0 Å². The van der Waals surface area contributed by atoms with Crippen LogP contribution >= 0.6 is 0 Å². The second-order valence-corrected chi connectivity index (χ2v) is 4.64. The fourth-order valence-corrected chi connectivity index (χ4v) is 1.99.